The number of esters is 1. The van der Waals surface area contributed by atoms with Gasteiger partial charge in [-0.15, -0.1) is 5.10 Å². The van der Waals surface area contributed by atoms with Gasteiger partial charge in [0.15, 0.2) is 5.69 Å². The van der Waals surface area contributed by atoms with Gasteiger partial charge in [0.05, 0.1) is 24.3 Å². The summed E-state index contributed by atoms with van der Waals surface area (Å²) in [5.74, 6) is -1.05. The Kier molecular flexibility index (Phi) is 6.09. The number of carbonyl (C=O) groups is 2. The maximum Gasteiger partial charge on any atom is 0.310 e. The Labute approximate surface area is 136 Å². The van der Waals surface area contributed by atoms with Crippen molar-refractivity contribution in [2.24, 2.45) is 5.92 Å². The van der Waals surface area contributed by atoms with Crippen LogP contribution >= 0.6 is 0 Å². The van der Waals surface area contributed by atoms with Gasteiger partial charge in [0.2, 0.25) is 0 Å². The van der Waals surface area contributed by atoms with Crippen LogP contribution in [-0.4, -0.2) is 52.6 Å². The van der Waals surface area contributed by atoms with Crippen molar-refractivity contribution in [3.63, 3.8) is 0 Å². The van der Waals surface area contributed by atoms with E-state index in [-0.39, 0.29) is 36.3 Å². The minimum Gasteiger partial charge on any atom is -0.463 e. The summed E-state index contributed by atoms with van der Waals surface area (Å²) in [4.78, 5) is 23.8. The lowest BCUT2D eigenvalue weighted by Crippen LogP contribution is -2.33. The second-order valence-corrected chi connectivity index (χ2v) is 6.16. The van der Waals surface area contributed by atoms with Crippen LogP contribution < -0.4 is 10.6 Å². The summed E-state index contributed by atoms with van der Waals surface area (Å²) < 4.78 is 6.86. The molecule has 0 aliphatic carbocycles. The lowest BCUT2D eigenvalue weighted by molar-refractivity contribution is -0.151. The van der Waals surface area contributed by atoms with E-state index < -0.39 is 5.92 Å². The van der Waals surface area contributed by atoms with Gasteiger partial charge >= 0.3 is 5.97 Å². The number of aromatic nitrogens is 3. The third-order valence-electron chi connectivity index (χ3n) is 3.75. The lowest BCUT2D eigenvalue weighted by atomic mass is 10.1. The molecular formula is C15H25N5O3. The summed E-state index contributed by atoms with van der Waals surface area (Å²) in [6, 6.07) is 0.283. The van der Waals surface area contributed by atoms with Gasteiger partial charge < -0.3 is 15.4 Å². The first-order valence-electron chi connectivity index (χ1n) is 8.08. The SMILES string of the molecule is CC(C)OC(=O)C(C)CNC(=O)c1cn(C2CCNCC2)nn1. The predicted molar refractivity (Wildman–Crippen MR) is 83.9 cm³/mol. The standard InChI is InChI=1S/C15H25N5O3/c1-10(2)23-15(22)11(3)8-17-14(21)13-9-20(19-18-13)12-4-6-16-7-5-12/h9-12,16H,4-8H2,1-3H3,(H,17,21). The highest BCUT2D eigenvalue weighted by molar-refractivity contribution is 5.92. The van der Waals surface area contributed by atoms with Crippen molar-refractivity contribution in [2.45, 2.75) is 45.8 Å². The summed E-state index contributed by atoms with van der Waals surface area (Å²) in [7, 11) is 0. The average molecular weight is 323 g/mol. The van der Waals surface area contributed by atoms with Crippen molar-refractivity contribution in [3.05, 3.63) is 11.9 Å². The van der Waals surface area contributed by atoms with E-state index in [0.717, 1.165) is 25.9 Å². The van der Waals surface area contributed by atoms with E-state index >= 15 is 0 Å². The third-order valence-corrected chi connectivity index (χ3v) is 3.75. The molecule has 1 saturated heterocycles. The normalized spacial score (nSPS) is 17.0. The number of hydrogen-bond donors (Lipinski definition) is 2. The molecule has 0 radical (unpaired) electrons. The summed E-state index contributed by atoms with van der Waals surface area (Å²) in [5.41, 5.74) is 0.271. The number of rotatable bonds is 6. The molecule has 1 aromatic rings. The number of hydrogen-bond acceptors (Lipinski definition) is 6. The van der Waals surface area contributed by atoms with E-state index in [1.807, 2.05) is 0 Å². The Balaban J connectivity index is 1.84. The maximum absolute atomic E-state index is 12.1. The quantitative estimate of drug-likeness (QED) is 0.741. The second-order valence-electron chi connectivity index (χ2n) is 6.16. The number of nitrogens with one attached hydrogen (secondary N) is 2. The van der Waals surface area contributed by atoms with Crippen LogP contribution in [0.5, 0.6) is 0 Å². The summed E-state index contributed by atoms with van der Waals surface area (Å²) in [6.45, 7) is 7.41. The van der Waals surface area contributed by atoms with Gasteiger partial charge in [-0.1, -0.05) is 12.1 Å². The van der Waals surface area contributed by atoms with Crippen molar-refractivity contribution < 1.29 is 14.3 Å². The molecule has 1 unspecified atom stereocenters. The highest BCUT2D eigenvalue weighted by Crippen LogP contribution is 2.17. The smallest absolute Gasteiger partial charge is 0.310 e. The molecule has 1 atom stereocenters. The van der Waals surface area contributed by atoms with Crippen LogP contribution in [0.4, 0.5) is 0 Å². The van der Waals surface area contributed by atoms with Crippen molar-refractivity contribution in [1.82, 2.24) is 25.6 Å². The highest BCUT2D eigenvalue weighted by Gasteiger charge is 2.20. The number of ether oxygens (including phenoxy) is 1. The highest BCUT2D eigenvalue weighted by atomic mass is 16.5. The molecule has 2 N–H and O–H groups in total. The van der Waals surface area contributed by atoms with Crippen LogP contribution in [0, 0.1) is 5.92 Å². The molecule has 0 saturated carbocycles. The fourth-order valence-electron chi connectivity index (χ4n) is 2.40. The first-order chi connectivity index (χ1) is 11.0. The molecule has 8 heteroatoms. The summed E-state index contributed by atoms with van der Waals surface area (Å²) in [6.07, 6.45) is 3.46. The predicted octanol–water partition coefficient (Wildman–Crippen LogP) is 0.520. The Morgan fingerprint density at radius 2 is 2.09 bits per heavy atom. The largest absolute Gasteiger partial charge is 0.463 e. The monoisotopic (exact) mass is 323 g/mol. The first-order valence-corrected chi connectivity index (χ1v) is 8.08. The second kappa shape index (κ2) is 8.05. The van der Waals surface area contributed by atoms with Gasteiger partial charge in [0.25, 0.3) is 5.91 Å². The minimum absolute atomic E-state index is 0.162. The molecule has 0 spiro atoms. The fourth-order valence-corrected chi connectivity index (χ4v) is 2.40. The molecule has 1 aliphatic heterocycles. The molecule has 0 aromatic carbocycles. The van der Waals surface area contributed by atoms with Crippen molar-refractivity contribution in [3.8, 4) is 0 Å². The molecule has 1 fully saturated rings. The molecule has 128 valence electrons. The minimum atomic E-state index is -0.402. The van der Waals surface area contributed by atoms with Crippen LogP contribution in [0.2, 0.25) is 0 Å². The number of amides is 1. The Bertz CT molecular complexity index is 537. The Hall–Kier alpha value is -1.96. The van der Waals surface area contributed by atoms with Crippen LogP contribution in [0.25, 0.3) is 0 Å². The van der Waals surface area contributed by atoms with Gasteiger partial charge in [-0.3, -0.25) is 9.59 Å². The maximum atomic E-state index is 12.1. The van der Waals surface area contributed by atoms with E-state index in [9.17, 15) is 9.59 Å². The number of piperidine rings is 1. The molecule has 1 aliphatic rings. The summed E-state index contributed by atoms with van der Waals surface area (Å²) >= 11 is 0. The molecule has 2 heterocycles. The van der Waals surface area contributed by atoms with E-state index in [1.54, 1.807) is 31.6 Å². The zero-order chi connectivity index (χ0) is 16.8. The van der Waals surface area contributed by atoms with E-state index in [1.165, 1.54) is 0 Å². The van der Waals surface area contributed by atoms with Crippen LogP contribution in [-0.2, 0) is 9.53 Å². The van der Waals surface area contributed by atoms with Crippen LogP contribution in [0.3, 0.4) is 0 Å². The molecule has 23 heavy (non-hydrogen) atoms. The average Bonchev–Trinajstić information content (AvgIpc) is 3.02. The van der Waals surface area contributed by atoms with E-state index in [4.69, 9.17) is 4.74 Å². The van der Waals surface area contributed by atoms with Crippen molar-refractivity contribution in [1.29, 1.82) is 0 Å². The van der Waals surface area contributed by atoms with Gasteiger partial charge in [0, 0.05) is 6.54 Å². The summed E-state index contributed by atoms with van der Waals surface area (Å²) in [5, 5.41) is 14.0. The van der Waals surface area contributed by atoms with Gasteiger partial charge in [-0.2, -0.15) is 0 Å². The topological polar surface area (TPSA) is 98.1 Å². The molecule has 2 rings (SSSR count). The zero-order valence-corrected chi connectivity index (χ0v) is 13.9. The van der Waals surface area contributed by atoms with E-state index in [2.05, 4.69) is 20.9 Å². The molecular weight excluding hydrogens is 298 g/mol. The lowest BCUT2D eigenvalue weighted by Gasteiger charge is -2.22. The van der Waals surface area contributed by atoms with Crippen LogP contribution in [0.15, 0.2) is 6.20 Å². The molecule has 1 amide bonds. The zero-order valence-electron chi connectivity index (χ0n) is 13.9. The number of carbonyl (C=O) groups excluding carboxylic acids is 2. The fraction of sp³-hybridized carbons (Fsp3) is 0.733. The van der Waals surface area contributed by atoms with Gasteiger partial charge in [0.1, 0.15) is 0 Å². The van der Waals surface area contributed by atoms with Crippen molar-refractivity contribution in [2.75, 3.05) is 19.6 Å². The van der Waals surface area contributed by atoms with Crippen LogP contribution in [0.1, 0.15) is 50.1 Å². The third kappa shape index (κ3) is 5.02. The van der Waals surface area contributed by atoms with Crippen molar-refractivity contribution >= 4 is 11.9 Å². The Morgan fingerprint density at radius 1 is 1.39 bits per heavy atom. The Morgan fingerprint density at radius 3 is 2.74 bits per heavy atom. The van der Waals surface area contributed by atoms with Gasteiger partial charge in [-0.05, 0) is 39.8 Å². The van der Waals surface area contributed by atoms with E-state index in [0.29, 0.717) is 0 Å². The molecule has 8 nitrogen and oxygen atoms in total. The molecule has 0 bridgehead atoms. The van der Waals surface area contributed by atoms with Gasteiger partial charge in [-0.25, -0.2) is 4.68 Å². The number of nitrogens with zero attached hydrogens (tertiary/aromatic N) is 3. The molecule has 1 aromatic heterocycles. The first kappa shape index (κ1) is 17.4.